The molecule has 2 fully saturated rings. The van der Waals surface area contributed by atoms with Gasteiger partial charge in [0, 0.05) is 88.5 Å². The zero-order valence-corrected chi connectivity index (χ0v) is 23.1. The molecule has 2 unspecified atom stereocenters. The molecule has 2 aliphatic heterocycles. The van der Waals surface area contributed by atoms with Crippen LogP contribution in [0.15, 0.2) is 54.6 Å². The fraction of sp³-hybridized carbons (Fsp3) is 0.414. The van der Waals surface area contributed by atoms with Crippen molar-refractivity contribution in [1.82, 2.24) is 19.6 Å². The van der Waals surface area contributed by atoms with Gasteiger partial charge in [0.05, 0.1) is 0 Å². The Morgan fingerprint density at radius 2 is 1.57 bits per heavy atom. The molecule has 5 rings (SSSR count). The van der Waals surface area contributed by atoms with Crippen LogP contribution in [0.25, 0.3) is 0 Å². The van der Waals surface area contributed by atoms with Crippen LogP contribution in [0.2, 0.25) is 5.02 Å². The molecule has 0 spiro atoms. The average molecular weight is 573 g/mol. The summed E-state index contributed by atoms with van der Waals surface area (Å²) in [6.07, 6.45) is 2.11. The number of hydrogen-bond acceptors (Lipinski definition) is 5. The Hall–Kier alpha value is -3.47. The van der Waals surface area contributed by atoms with Crippen molar-refractivity contribution < 1.29 is 29.0 Å². The van der Waals surface area contributed by atoms with Crippen molar-refractivity contribution in [2.75, 3.05) is 59.4 Å². The van der Waals surface area contributed by atoms with Gasteiger partial charge in [-0.2, -0.15) is 0 Å². The number of fused-ring (bicyclic) bond motifs is 1. The number of amides is 2. The molecule has 2 amide bonds. The fourth-order valence-corrected chi connectivity index (χ4v) is 5.78. The first-order chi connectivity index (χ1) is 19.1. The van der Waals surface area contributed by atoms with Crippen molar-refractivity contribution in [3.8, 4) is 0 Å². The molecule has 40 heavy (non-hydrogen) atoms. The molecule has 2 heterocycles. The Morgan fingerprint density at radius 3 is 2.15 bits per heavy atom. The molecule has 2 saturated heterocycles. The highest BCUT2D eigenvalue weighted by atomic mass is 35.5. The van der Waals surface area contributed by atoms with E-state index in [0.717, 1.165) is 69.4 Å². The van der Waals surface area contributed by atoms with E-state index in [1.54, 1.807) is 17.0 Å². The number of carboxylic acids is 2. The number of urea groups is 1. The van der Waals surface area contributed by atoms with Crippen LogP contribution in [0.4, 0.5) is 9.18 Å². The Kier molecular flexibility index (Phi) is 9.78. The van der Waals surface area contributed by atoms with Gasteiger partial charge in [0.1, 0.15) is 5.82 Å². The molecule has 0 radical (unpaired) electrons. The Bertz CT molecular complexity index is 1230. The van der Waals surface area contributed by atoms with Crippen molar-refractivity contribution in [3.63, 3.8) is 0 Å². The topological polar surface area (TPSA) is 105 Å². The minimum absolute atomic E-state index is 0.150. The van der Waals surface area contributed by atoms with E-state index in [-0.39, 0.29) is 17.8 Å². The van der Waals surface area contributed by atoms with Gasteiger partial charge in [-0.1, -0.05) is 29.8 Å². The lowest BCUT2D eigenvalue weighted by Crippen LogP contribution is -2.49. The van der Waals surface area contributed by atoms with Crippen LogP contribution >= 0.6 is 11.6 Å². The second-order valence-corrected chi connectivity index (χ2v) is 10.6. The van der Waals surface area contributed by atoms with Crippen molar-refractivity contribution in [1.29, 1.82) is 0 Å². The first kappa shape index (κ1) is 29.5. The van der Waals surface area contributed by atoms with Gasteiger partial charge in [-0.25, -0.2) is 18.8 Å². The third-order valence-corrected chi connectivity index (χ3v) is 7.95. The third-order valence-electron chi connectivity index (χ3n) is 7.72. The minimum atomic E-state index is -1.26. The first-order valence-electron chi connectivity index (χ1n) is 13.3. The Labute approximate surface area is 238 Å². The van der Waals surface area contributed by atoms with E-state index in [1.807, 2.05) is 30.1 Å². The van der Waals surface area contributed by atoms with Crippen LogP contribution in [0, 0.1) is 5.82 Å². The van der Waals surface area contributed by atoms with Gasteiger partial charge in [-0.15, -0.1) is 0 Å². The van der Waals surface area contributed by atoms with Crippen LogP contribution in [0.1, 0.15) is 35.1 Å². The normalized spacial score (nSPS) is 21.4. The van der Waals surface area contributed by atoms with Gasteiger partial charge in [-0.05, 0) is 47.4 Å². The summed E-state index contributed by atoms with van der Waals surface area (Å²) in [5.74, 6) is -2.47. The Balaban J connectivity index is 0.000000406. The maximum absolute atomic E-state index is 13.5. The molecule has 0 aromatic heterocycles. The van der Waals surface area contributed by atoms with Gasteiger partial charge >= 0.3 is 18.0 Å². The molecule has 0 bridgehead atoms. The number of benzene rings is 2. The van der Waals surface area contributed by atoms with Gasteiger partial charge < -0.3 is 20.0 Å². The summed E-state index contributed by atoms with van der Waals surface area (Å²) in [6, 6.07) is 13.7. The summed E-state index contributed by atoms with van der Waals surface area (Å²) >= 11 is 6.35. The lowest BCUT2D eigenvalue weighted by molar-refractivity contribution is -0.134. The standard InChI is InChI=1S/C25H30ClFN4O.C4H4O4/c1-28-8-12-31(25(28)32)15-11-29-9-13-30(14-10-29)24-17-22(18-2-5-20(27)6-3-18)23-16-19(26)4-7-21(23)24;5-3(6)1-2-4(7)8/h2-7,16,22,24H,8-15,17H2,1H3;1-2H,(H,5,6)(H,7,8)/b;2-1-. The smallest absolute Gasteiger partial charge is 0.328 e. The molecule has 2 aromatic carbocycles. The van der Waals surface area contributed by atoms with Gasteiger partial charge in [0.15, 0.2) is 0 Å². The lowest BCUT2D eigenvalue weighted by atomic mass is 9.93. The SMILES string of the molecule is CN1CCN(CCN2CCN(C3CC(c4ccc(F)cc4)c4cc(Cl)ccc43)CC2)C1=O.O=C(O)/C=C\C(=O)O. The lowest BCUT2D eigenvalue weighted by Gasteiger charge is -2.39. The van der Waals surface area contributed by atoms with Gasteiger partial charge in [0.2, 0.25) is 0 Å². The number of carbonyl (C=O) groups excluding carboxylic acids is 1. The first-order valence-corrected chi connectivity index (χ1v) is 13.7. The van der Waals surface area contributed by atoms with Crippen molar-refractivity contribution >= 4 is 29.6 Å². The van der Waals surface area contributed by atoms with E-state index >= 15 is 0 Å². The summed E-state index contributed by atoms with van der Waals surface area (Å²) in [4.78, 5) is 40.0. The van der Waals surface area contributed by atoms with E-state index in [2.05, 4.69) is 21.9 Å². The zero-order chi connectivity index (χ0) is 28.8. The molecule has 11 heteroatoms. The largest absolute Gasteiger partial charge is 0.478 e. The number of nitrogens with zero attached hydrogens (tertiary/aromatic N) is 4. The molecule has 2 N–H and O–H groups in total. The molecular formula is C29H34ClFN4O5. The summed E-state index contributed by atoms with van der Waals surface area (Å²) in [7, 11) is 1.87. The molecule has 2 aromatic rings. The summed E-state index contributed by atoms with van der Waals surface area (Å²) in [5, 5.41) is 16.4. The van der Waals surface area contributed by atoms with Crippen molar-refractivity contribution in [3.05, 3.63) is 82.1 Å². The molecular weight excluding hydrogens is 539 g/mol. The molecule has 1 aliphatic carbocycles. The van der Waals surface area contributed by atoms with E-state index in [1.165, 1.54) is 11.1 Å². The van der Waals surface area contributed by atoms with Crippen LogP contribution < -0.4 is 0 Å². The molecule has 9 nitrogen and oxygen atoms in total. The van der Waals surface area contributed by atoms with E-state index in [0.29, 0.717) is 18.2 Å². The number of likely N-dealkylation sites (N-methyl/N-ethyl adjacent to an activating group) is 1. The number of halogens is 2. The Morgan fingerprint density at radius 1 is 0.925 bits per heavy atom. The van der Waals surface area contributed by atoms with Gasteiger partial charge in [0.25, 0.3) is 0 Å². The number of carboxylic acid groups (broad SMARTS) is 2. The second-order valence-electron chi connectivity index (χ2n) is 10.2. The number of piperazine rings is 1. The highest BCUT2D eigenvalue weighted by molar-refractivity contribution is 6.30. The van der Waals surface area contributed by atoms with E-state index in [4.69, 9.17) is 21.8 Å². The van der Waals surface area contributed by atoms with E-state index < -0.39 is 11.9 Å². The zero-order valence-electron chi connectivity index (χ0n) is 22.4. The van der Waals surface area contributed by atoms with Crippen LogP contribution in [0.3, 0.4) is 0 Å². The number of aliphatic carboxylic acids is 2. The fourth-order valence-electron chi connectivity index (χ4n) is 5.60. The highest BCUT2D eigenvalue weighted by Crippen LogP contribution is 2.47. The predicted molar refractivity (Wildman–Crippen MR) is 149 cm³/mol. The van der Waals surface area contributed by atoms with E-state index in [9.17, 15) is 18.8 Å². The summed E-state index contributed by atoms with van der Waals surface area (Å²) in [6.45, 7) is 7.45. The highest BCUT2D eigenvalue weighted by Gasteiger charge is 2.37. The maximum atomic E-state index is 13.5. The third kappa shape index (κ3) is 7.38. The molecule has 2 atom stereocenters. The number of rotatable bonds is 7. The van der Waals surface area contributed by atoms with Crippen LogP contribution in [-0.4, -0.2) is 107 Å². The molecule has 3 aliphatic rings. The van der Waals surface area contributed by atoms with Crippen LogP contribution in [-0.2, 0) is 9.59 Å². The monoisotopic (exact) mass is 572 g/mol. The van der Waals surface area contributed by atoms with Crippen molar-refractivity contribution in [2.24, 2.45) is 0 Å². The minimum Gasteiger partial charge on any atom is -0.478 e. The molecule has 0 saturated carbocycles. The average Bonchev–Trinajstić information content (AvgIpc) is 3.46. The summed E-state index contributed by atoms with van der Waals surface area (Å²) < 4.78 is 13.5. The maximum Gasteiger partial charge on any atom is 0.328 e. The predicted octanol–water partition coefficient (Wildman–Crippen LogP) is 3.75. The number of hydrogen-bond donors (Lipinski definition) is 2. The summed E-state index contributed by atoms with van der Waals surface area (Å²) in [5.41, 5.74) is 3.77. The van der Waals surface area contributed by atoms with Gasteiger partial charge in [-0.3, -0.25) is 9.80 Å². The second kappa shape index (κ2) is 13.3. The quantitative estimate of drug-likeness (QED) is 0.487. The number of carbonyl (C=O) groups is 3. The van der Waals surface area contributed by atoms with Crippen LogP contribution in [0.5, 0.6) is 0 Å². The van der Waals surface area contributed by atoms with Crippen molar-refractivity contribution in [2.45, 2.75) is 18.4 Å². The molecule has 214 valence electrons.